The van der Waals surface area contributed by atoms with E-state index in [9.17, 15) is 0 Å². The third-order valence-electron chi connectivity index (χ3n) is 3.32. The van der Waals surface area contributed by atoms with Gasteiger partial charge in [-0.3, -0.25) is 0 Å². The Morgan fingerprint density at radius 1 is 0.957 bits per heavy atom. The van der Waals surface area contributed by atoms with E-state index in [-0.39, 0.29) is 0 Å². The van der Waals surface area contributed by atoms with Crippen LogP contribution in [0.2, 0.25) is 10.0 Å². The van der Waals surface area contributed by atoms with Gasteiger partial charge in [-0.15, -0.1) is 0 Å². The van der Waals surface area contributed by atoms with Crippen LogP contribution in [0.25, 0.3) is 0 Å². The van der Waals surface area contributed by atoms with Crippen molar-refractivity contribution in [3.63, 3.8) is 0 Å². The Balaban J connectivity index is 2.15. The molecular formula is C18H21Cl2NO2. The highest BCUT2D eigenvalue weighted by Gasteiger charge is 2.10. The molecule has 0 atom stereocenters. The van der Waals surface area contributed by atoms with Crippen molar-refractivity contribution in [2.24, 2.45) is 0 Å². The first kappa shape index (κ1) is 17.9. The summed E-state index contributed by atoms with van der Waals surface area (Å²) in [6.07, 6.45) is 0. The zero-order valence-electron chi connectivity index (χ0n) is 13.4. The zero-order chi connectivity index (χ0) is 16.7. The molecule has 0 spiro atoms. The zero-order valence-corrected chi connectivity index (χ0v) is 14.9. The summed E-state index contributed by atoms with van der Waals surface area (Å²) in [5.74, 6) is 1.41. The van der Waals surface area contributed by atoms with Crippen molar-refractivity contribution in [3.8, 4) is 11.5 Å². The molecule has 2 rings (SSSR count). The largest absolute Gasteiger partial charge is 0.490 e. The van der Waals surface area contributed by atoms with Crippen molar-refractivity contribution in [3.05, 3.63) is 57.6 Å². The van der Waals surface area contributed by atoms with Crippen LogP contribution in [0.5, 0.6) is 11.5 Å². The normalized spacial score (nSPS) is 10.6. The minimum atomic E-state index is 0.297. The summed E-state index contributed by atoms with van der Waals surface area (Å²) in [5.41, 5.74) is 1.92. The average molecular weight is 354 g/mol. The molecule has 23 heavy (non-hydrogen) atoms. The predicted molar refractivity (Wildman–Crippen MR) is 95.8 cm³/mol. The lowest BCUT2D eigenvalue weighted by molar-refractivity contribution is 0.269. The van der Waals surface area contributed by atoms with Crippen molar-refractivity contribution in [1.29, 1.82) is 0 Å². The fourth-order valence-corrected chi connectivity index (χ4v) is 2.65. The molecular weight excluding hydrogens is 333 g/mol. The maximum atomic E-state index is 6.18. The molecule has 0 bridgehead atoms. The molecule has 0 unspecified atom stereocenters. The molecule has 3 nitrogen and oxygen atoms in total. The Labute approximate surface area is 147 Å². The van der Waals surface area contributed by atoms with Gasteiger partial charge in [-0.2, -0.15) is 0 Å². The molecule has 1 N–H and O–H groups in total. The predicted octanol–water partition coefficient (Wildman–Crippen LogP) is 5.08. The second-order valence-electron chi connectivity index (χ2n) is 4.98. The maximum Gasteiger partial charge on any atom is 0.161 e. The maximum absolute atomic E-state index is 6.18. The van der Waals surface area contributed by atoms with E-state index in [0.717, 1.165) is 30.0 Å². The summed E-state index contributed by atoms with van der Waals surface area (Å²) < 4.78 is 11.6. The Hall–Kier alpha value is -1.42. The summed E-state index contributed by atoms with van der Waals surface area (Å²) in [4.78, 5) is 0. The van der Waals surface area contributed by atoms with E-state index < -0.39 is 0 Å². The summed E-state index contributed by atoms with van der Waals surface area (Å²) in [5, 5.41) is 4.49. The number of hydrogen-bond donors (Lipinski definition) is 1. The van der Waals surface area contributed by atoms with Crippen LogP contribution in [0, 0.1) is 0 Å². The molecule has 2 aromatic rings. The Morgan fingerprint density at radius 3 is 2.35 bits per heavy atom. The van der Waals surface area contributed by atoms with Crippen molar-refractivity contribution < 1.29 is 9.47 Å². The fraction of sp³-hybridized carbons (Fsp3) is 0.333. The third-order valence-corrected chi connectivity index (χ3v) is 4.03. The standard InChI is InChI=1S/C18H21Cl2NO2/c1-3-21-11-13-8-9-17(18(10-13)22-4-2)23-12-14-15(19)6-5-7-16(14)20/h5-10,21H,3-4,11-12H2,1-2H3. The minimum absolute atomic E-state index is 0.297. The van der Waals surface area contributed by atoms with Gasteiger partial charge in [0.2, 0.25) is 0 Å². The first-order chi connectivity index (χ1) is 11.2. The van der Waals surface area contributed by atoms with Crippen LogP contribution in [-0.4, -0.2) is 13.2 Å². The van der Waals surface area contributed by atoms with Crippen LogP contribution in [0.4, 0.5) is 0 Å². The van der Waals surface area contributed by atoms with E-state index in [0.29, 0.717) is 29.0 Å². The minimum Gasteiger partial charge on any atom is -0.490 e. The van der Waals surface area contributed by atoms with E-state index in [2.05, 4.69) is 12.2 Å². The van der Waals surface area contributed by atoms with Gasteiger partial charge in [-0.25, -0.2) is 0 Å². The Kier molecular flexibility index (Phi) is 7.03. The second-order valence-corrected chi connectivity index (χ2v) is 5.80. The lowest BCUT2D eigenvalue weighted by atomic mass is 10.2. The fourth-order valence-electron chi connectivity index (χ4n) is 2.14. The van der Waals surface area contributed by atoms with E-state index in [1.165, 1.54) is 0 Å². The molecule has 0 saturated carbocycles. The number of rotatable bonds is 8. The topological polar surface area (TPSA) is 30.5 Å². The van der Waals surface area contributed by atoms with Crippen LogP contribution in [-0.2, 0) is 13.2 Å². The van der Waals surface area contributed by atoms with Gasteiger partial charge in [0.05, 0.1) is 6.61 Å². The van der Waals surface area contributed by atoms with Gasteiger partial charge in [0.1, 0.15) is 6.61 Å². The first-order valence-corrected chi connectivity index (χ1v) is 8.43. The van der Waals surface area contributed by atoms with Crippen molar-refractivity contribution in [2.45, 2.75) is 27.0 Å². The monoisotopic (exact) mass is 353 g/mol. The molecule has 0 radical (unpaired) electrons. The van der Waals surface area contributed by atoms with E-state index in [1.54, 1.807) is 12.1 Å². The van der Waals surface area contributed by atoms with Gasteiger partial charge >= 0.3 is 0 Å². The Morgan fingerprint density at radius 2 is 1.70 bits per heavy atom. The highest BCUT2D eigenvalue weighted by atomic mass is 35.5. The molecule has 0 amide bonds. The smallest absolute Gasteiger partial charge is 0.161 e. The van der Waals surface area contributed by atoms with Crippen LogP contribution in [0.3, 0.4) is 0 Å². The van der Waals surface area contributed by atoms with Crippen molar-refractivity contribution in [1.82, 2.24) is 5.32 Å². The van der Waals surface area contributed by atoms with Gasteiger partial charge < -0.3 is 14.8 Å². The molecule has 0 fully saturated rings. The van der Waals surface area contributed by atoms with Gasteiger partial charge in [-0.05, 0) is 43.3 Å². The van der Waals surface area contributed by atoms with Crippen LogP contribution in [0.15, 0.2) is 36.4 Å². The molecule has 0 heterocycles. The number of halogens is 2. The molecule has 0 aliphatic carbocycles. The molecule has 2 aromatic carbocycles. The number of ether oxygens (including phenoxy) is 2. The summed E-state index contributed by atoms with van der Waals surface area (Å²) in [6, 6.07) is 11.4. The van der Waals surface area contributed by atoms with Gasteiger partial charge in [-0.1, -0.05) is 42.3 Å². The van der Waals surface area contributed by atoms with Gasteiger partial charge in [0.15, 0.2) is 11.5 Å². The van der Waals surface area contributed by atoms with Crippen LogP contribution >= 0.6 is 23.2 Å². The lowest BCUT2D eigenvalue weighted by Gasteiger charge is -2.15. The second kappa shape index (κ2) is 9.02. The van der Waals surface area contributed by atoms with Gasteiger partial charge in [0, 0.05) is 22.2 Å². The van der Waals surface area contributed by atoms with E-state index in [4.69, 9.17) is 32.7 Å². The van der Waals surface area contributed by atoms with E-state index in [1.807, 2.05) is 31.2 Å². The number of nitrogens with one attached hydrogen (secondary N) is 1. The first-order valence-electron chi connectivity index (χ1n) is 7.67. The van der Waals surface area contributed by atoms with Crippen LogP contribution in [0.1, 0.15) is 25.0 Å². The summed E-state index contributed by atoms with van der Waals surface area (Å²) >= 11 is 12.4. The molecule has 0 saturated heterocycles. The molecule has 124 valence electrons. The molecule has 5 heteroatoms. The molecule has 0 aliphatic rings. The summed E-state index contributed by atoms with van der Waals surface area (Å²) in [6.45, 7) is 6.62. The SMILES string of the molecule is CCNCc1ccc(OCc2c(Cl)cccc2Cl)c(OCC)c1. The highest BCUT2D eigenvalue weighted by molar-refractivity contribution is 6.35. The number of benzene rings is 2. The van der Waals surface area contributed by atoms with Crippen molar-refractivity contribution in [2.75, 3.05) is 13.2 Å². The quantitative estimate of drug-likeness (QED) is 0.717. The Bertz CT molecular complexity index is 627. The van der Waals surface area contributed by atoms with Crippen molar-refractivity contribution >= 4 is 23.2 Å². The third kappa shape index (κ3) is 5.03. The number of hydrogen-bond acceptors (Lipinski definition) is 3. The highest BCUT2D eigenvalue weighted by Crippen LogP contribution is 2.31. The van der Waals surface area contributed by atoms with Crippen LogP contribution < -0.4 is 14.8 Å². The van der Waals surface area contributed by atoms with Gasteiger partial charge in [0.25, 0.3) is 0 Å². The summed E-state index contributed by atoms with van der Waals surface area (Å²) in [7, 11) is 0. The molecule has 0 aromatic heterocycles. The lowest BCUT2D eigenvalue weighted by Crippen LogP contribution is -2.12. The molecule has 0 aliphatic heterocycles. The average Bonchev–Trinajstić information content (AvgIpc) is 2.54. The van der Waals surface area contributed by atoms with E-state index >= 15 is 0 Å².